The third-order valence-electron chi connectivity index (χ3n) is 5.76. The van der Waals surface area contributed by atoms with Gasteiger partial charge in [0.25, 0.3) is 0 Å². The molecule has 1 aliphatic carbocycles. The van der Waals surface area contributed by atoms with E-state index in [1.807, 2.05) is 26.2 Å². The van der Waals surface area contributed by atoms with Crippen LogP contribution in [0, 0.1) is 0 Å². The van der Waals surface area contributed by atoms with E-state index in [4.69, 9.17) is 16.6 Å². The van der Waals surface area contributed by atoms with Gasteiger partial charge >= 0.3 is 0 Å². The maximum atomic E-state index is 13.4. The topological polar surface area (TPSA) is 57.8 Å². The van der Waals surface area contributed by atoms with Gasteiger partial charge in [0, 0.05) is 21.8 Å². The Kier molecular flexibility index (Phi) is 6.51. The van der Waals surface area contributed by atoms with Crippen molar-refractivity contribution in [3.05, 3.63) is 79.0 Å². The molecule has 31 heavy (non-hydrogen) atoms. The monoisotopic (exact) mass is 501 g/mol. The first-order valence-electron chi connectivity index (χ1n) is 10.4. The third-order valence-corrected chi connectivity index (χ3v) is 6.49. The van der Waals surface area contributed by atoms with E-state index in [1.54, 1.807) is 18.2 Å². The third kappa shape index (κ3) is 4.56. The molecule has 0 fully saturated rings. The summed E-state index contributed by atoms with van der Waals surface area (Å²) >= 11 is 9.70. The number of aromatic nitrogens is 1. The predicted octanol–water partition coefficient (Wildman–Crippen LogP) is 5.13. The molecule has 5 nitrogen and oxygen atoms in total. The minimum Gasteiger partial charge on any atom is -0.428 e. The van der Waals surface area contributed by atoms with Gasteiger partial charge in [-0.05, 0) is 81.7 Å². The molecule has 0 bridgehead atoms. The number of rotatable bonds is 5. The number of hydrogen-bond donors (Lipinski definition) is 1. The Hall–Kier alpha value is -2.15. The molecule has 1 aliphatic rings. The van der Waals surface area contributed by atoms with Gasteiger partial charge in [0.1, 0.15) is 0 Å². The lowest BCUT2D eigenvalue weighted by Crippen LogP contribution is -2.31. The lowest BCUT2D eigenvalue weighted by atomic mass is 9.80. The highest BCUT2D eigenvalue weighted by molar-refractivity contribution is 9.10. The lowest BCUT2D eigenvalue weighted by Gasteiger charge is -2.28. The van der Waals surface area contributed by atoms with Crippen molar-refractivity contribution >= 4 is 44.1 Å². The van der Waals surface area contributed by atoms with E-state index in [-0.39, 0.29) is 11.3 Å². The number of nitrogens with zero attached hydrogens (tertiary/aromatic N) is 3. The number of benzene rings is 2. The Bertz CT molecular complexity index is 1220. The van der Waals surface area contributed by atoms with Gasteiger partial charge in [0.15, 0.2) is 5.43 Å². The molecule has 162 valence electrons. The molecule has 1 atom stereocenters. The normalized spacial score (nSPS) is 17.5. The van der Waals surface area contributed by atoms with Crippen LogP contribution in [0.3, 0.4) is 0 Å². The van der Waals surface area contributed by atoms with Gasteiger partial charge in [-0.3, -0.25) is 9.79 Å². The Balaban J connectivity index is 1.85. The molecule has 0 saturated carbocycles. The van der Waals surface area contributed by atoms with Gasteiger partial charge in [-0.2, -0.15) is 4.73 Å². The smallest absolute Gasteiger partial charge is 0.199 e. The Morgan fingerprint density at radius 2 is 2.03 bits per heavy atom. The number of aliphatic imine (C=N–C) groups is 1. The zero-order chi connectivity index (χ0) is 22.1. The van der Waals surface area contributed by atoms with E-state index in [2.05, 4.69) is 33.0 Å². The van der Waals surface area contributed by atoms with Crippen molar-refractivity contribution in [1.29, 1.82) is 0 Å². The molecule has 3 aromatic rings. The minimum atomic E-state index is -0.114. The number of halogens is 2. The van der Waals surface area contributed by atoms with Crippen LogP contribution in [-0.4, -0.2) is 47.7 Å². The second-order valence-corrected chi connectivity index (χ2v) is 9.62. The fourth-order valence-corrected chi connectivity index (χ4v) is 4.85. The van der Waals surface area contributed by atoms with Crippen molar-refractivity contribution in [2.45, 2.75) is 25.2 Å². The molecule has 1 N–H and O–H groups in total. The largest absolute Gasteiger partial charge is 0.428 e. The number of fused-ring (bicyclic) bond motifs is 2. The van der Waals surface area contributed by atoms with Crippen LogP contribution in [0.15, 0.2) is 56.7 Å². The fraction of sp³-hybridized carbons (Fsp3) is 0.333. The summed E-state index contributed by atoms with van der Waals surface area (Å²) < 4.78 is 2.16. The van der Waals surface area contributed by atoms with Crippen molar-refractivity contribution in [3.63, 3.8) is 0 Å². The highest BCUT2D eigenvalue weighted by atomic mass is 79.9. The molecule has 0 radical (unpaired) electrons. The standard InChI is InChI=1S/C24H25BrClN3O2/c1-28(2)10-4-9-27-20-12-16(15-5-3-6-17(25)11-15)13-22-23(20)24(30)19-14-18(26)7-8-21(19)29(22)31/h3,5-8,11,14,16,31H,4,9-10,12-13H2,1-2H3. The van der Waals surface area contributed by atoms with Crippen LogP contribution in [0.25, 0.3) is 10.9 Å². The Morgan fingerprint density at radius 3 is 2.77 bits per heavy atom. The second kappa shape index (κ2) is 9.15. The van der Waals surface area contributed by atoms with Crippen LogP contribution in [0.1, 0.15) is 35.6 Å². The number of pyridine rings is 1. The molecule has 0 amide bonds. The van der Waals surface area contributed by atoms with Crippen molar-refractivity contribution in [3.8, 4) is 0 Å². The van der Waals surface area contributed by atoms with E-state index in [0.29, 0.717) is 46.6 Å². The number of hydrogen-bond acceptors (Lipinski definition) is 4. The average Bonchev–Trinajstić information content (AvgIpc) is 2.74. The summed E-state index contributed by atoms with van der Waals surface area (Å²) in [4.78, 5) is 20.4. The fourth-order valence-electron chi connectivity index (χ4n) is 4.26. The molecule has 4 rings (SSSR count). The van der Waals surface area contributed by atoms with E-state index in [1.165, 1.54) is 0 Å². The minimum absolute atomic E-state index is 0.114. The molecule has 1 aromatic heterocycles. The highest BCUT2D eigenvalue weighted by Crippen LogP contribution is 2.34. The van der Waals surface area contributed by atoms with Gasteiger partial charge in [0.05, 0.1) is 22.2 Å². The molecule has 0 saturated heterocycles. The quantitative estimate of drug-likeness (QED) is 0.389. The molecular formula is C24H25BrClN3O2. The highest BCUT2D eigenvalue weighted by Gasteiger charge is 2.31. The first-order valence-corrected chi connectivity index (χ1v) is 11.5. The molecule has 2 aromatic carbocycles. The van der Waals surface area contributed by atoms with Gasteiger partial charge in [-0.15, -0.1) is 0 Å². The van der Waals surface area contributed by atoms with Gasteiger partial charge in [0.2, 0.25) is 0 Å². The van der Waals surface area contributed by atoms with Gasteiger partial charge in [-0.25, -0.2) is 0 Å². The maximum Gasteiger partial charge on any atom is 0.199 e. The van der Waals surface area contributed by atoms with Crippen LogP contribution in [0.4, 0.5) is 0 Å². The van der Waals surface area contributed by atoms with Crippen molar-refractivity contribution < 1.29 is 5.21 Å². The molecule has 7 heteroatoms. The summed E-state index contributed by atoms with van der Waals surface area (Å²) in [5, 5.41) is 11.9. The first kappa shape index (κ1) is 22.1. The van der Waals surface area contributed by atoms with Crippen LogP contribution in [0.5, 0.6) is 0 Å². The van der Waals surface area contributed by atoms with E-state index < -0.39 is 0 Å². The van der Waals surface area contributed by atoms with Gasteiger partial charge in [-0.1, -0.05) is 39.7 Å². The molecule has 0 spiro atoms. The van der Waals surface area contributed by atoms with Crippen molar-refractivity contribution in [2.24, 2.45) is 4.99 Å². The van der Waals surface area contributed by atoms with Gasteiger partial charge < -0.3 is 10.1 Å². The zero-order valence-corrected chi connectivity index (χ0v) is 19.9. The summed E-state index contributed by atoms with van der Waals surface area (Å²) in [7, 11) is 4.07. The van der Waals surface area contributed by atoms with Crippen molar-refractivity contribution in [2.75, 3.05) is 27.2 Å². The average molecular weight is 503 g/mol. The SMILES string of the molecule is CN(C)CCCN=C1CC(c2cccc(Br)c2)Cc2c1c(=O)c1cc(Cl)ccc1n2O. The maximum absolute atomic E-state index is 13.4. The lowest BCUT2D eigenvalue weighted by molar-refractivity contribution is 0.186. The second-order valence-electron chi connectivity index (χ2n) is 8.27. The zero-order valence-electron chi connectivity index (χ0n) is 17.6. The van der Waals surface area contributed by atoms with E-state index in [0.717, 1.165) is 33.4 Å². The molecule has 1 unspecified atom stereocenters. The van der Waals surface area contributed by atoms with E-state index >= 15 is 0 Å². The van der Waals surface area contributed by atoms with E-state index in [9.17, 15) is 10.0 Å². The Labute approximate surface area is 195 Å². The summed E-state index contributed by atoms with van der Waals surface area (Å²) in [5.41, 5.74) is 3.41. The molecule has 0 aliphatic heterocycles. The summed E-state index contributed by atoms with van der Waals surface area (Å²) in [5.74, 6) is 0.125. The molecule has 1 heterocycles. The van der Waals surface area contributed by atoms with Crippen molar-refractivity contribution in [1.82, 2.24) is 9.63 Å². The molecular weight excluding hydrogens is 478 g/mol. The van der Waals surface area contributed by atoms with Crippen LogP contribution < -0.4 is 5.43 Å². The predicted molar refractivity (Wildman–Crippen MR) is 130 cm³/mol. The van der Waals surface area contributed by atoms with Crippen LogP contribution >= 0.6 is 27.5 Å². The van der Waals surface area contributed by atoms with Crippen LogP contribution in [-0.2, 0) is 6.42 Å². The first-order chi connectivity index (χ1) is 14.8. The summed E-state index contributed by atoms with van der Waals surface area (Å²) in [6, 6.07) is 13.2. The Morgan fingerprint density at radius 1 is 1.23 bits per heavy atom. The van der Waals surface area contributed by atoms with Crippen LogP contribution in [0.2, 0.25) is 5.02 Å². The summed E-state index contributed by atoms with van der Waals surface area (Å²) in [6.07, 6.45) is 2.12. The summed E-state index contributed by atoms with van der Waals surface area (Å²) in [6.45, 7) is 1.56.